The van der Waals surface area contributed by atoms with Crippen LogP contribution in [0.25, 0.3) is 0 Å². The molecule has 0 heterocycles. The highest BCUT2D eigenvalue weighted by molar-refractivity contribution is 5.43. The summed E-state index contributed by atoms with van der Waals surface area (Å²) in [5.41, 5.74) is 4.95. The van der Waals surface area contributed by atoms with Gasteiger partial charge >= 0.3 is 0 Å². The first-order chi connectivity index (χ1) is 6.50. The zero-order valence-electron chi connectivity index (χ0n) is 9.72. The summed E-state index contributed by atoms with van der Waals surface area (Å²) in [4.78, 5) is 0. The Morgan fingerprint density at radius 3 is 2.29 bits per heavy atom. The maximum atomic E-state index is 2.32. The molecule has 0 radical (unpaired) electrons. The zero-order valence-corrected chi connectivity index (χ0v) is 9.72. The van der Waals surface area contributed by atoms with Gasteiger partial charge in [-0.05, 0) is 47.8 Å². The lowest BCUT2D eigenvalue weighted by Crippen LogP contribution is -2.15. The van der Waals surface area contributed by atoms with Crippen molar-refractivity contribution in [2.45, 2.75) is 51.9 Å². The summed E-state index contributed by atoms with van der Waals surface area (Å²) in [6.07, 6.45) is 2.79. The minimum atomic E-state index is 0.295. The molecule has 0 nitrogen and oxygen atoms in total. The Morgan fingerprint density at radius 2 is 1.79 bits per heavy atom. The monoisotopic (exact) mass is 188 g/mol. The normalized spacial score (nSPS) is 17.1. The Balaban J connectivity index is 2.53. The van der Waals surface area contributed by atoms with Crippen molar-refractivity contribution in [2.24, 2.45) is 0 Å². The van der Waals surface area contributed by atoms with Crippen LogP contribution >= 0.6 is 0 Å². The fraction of sp³-hybridized carbons (Fsp3) is 0.571. The second-order valence-electron chi connectivity index (χ2n) is 5.56. The van der Waals surface area contributed by atoms with Crippen molar-refractivity contribution >= 4 is 0 Å². The van der Waals surface area contributed by atoms with Gasteiger partial charge < -0.3 is 0 Å². The molecule has 0 heteroatoms. The van der Waals surface area contributed by atoms with Gasteiger partial charge in [0.2, 0.25) is 0 Å². The predicted molar refractivity (Wildman–Crippen MR) is 61.9 cm³/mol. The summed E-state index contributed by atoms with van der Waals surface area (Å²) in [6.45, 7) is 9.20. The molecule has 1 aromatic carbocycles. The van der Waals surface area contributed by atoms with Crippen LogP contribution in [-0.4, -0.2) is 0 Å². The van der Waals surface area contributed by atoms with Gasteiger partial charge in [-0.25, -0.2) is 0 Å². The first-order valence-electron chi connectivity index (χ1n) is 5.60. The Hall–Kier alpha value is -0.780. The van der Waals surface area contributed by atoms with Crippen molar-refractivity contribution in [3.63, 3.8) is 0 Å². The van der Waals surface area contributed by atoms with Gasteiger partial charge in [-0.3, -0.25) is 0 Å². The van der Waals surface area contributed by atoms with E-state index in [1.807, 2.05) is 0 Å². The predicted octanol–water partition coefficient (Wildman–Crippen LogP) is 4.17. The van der Waals surface area contributed by atoms with Crippen molar-refractivity contribution in [3.05, 3.63) is 34.9 Å². The molecule has 1 saturated carbocycles. The van der Waals surface area contributed by atoms with Gasteiger partial charge in [-0.15, -0.1) is 0 Å². The van der Waals surface area contributed by atoms with Gasteiger partial charge in [0.1, 0.15) is 0 Å². The van der Waals surface area contributed by atoms with Crippen LogP contribution in [0, 0.1) is 6.92 Å². The van der Waals surface area contributed by atoms with E-state index < -0.39 is 0 Å². The van der Waals surface area contributed by atoms with E-state index in [9.17, 15) is 0 Å². The Kier molecular flexibility index (Phi) is 2.17. The minimum Gasteiger partial charge on any atom is -0.0617 e. The number of aryl methyl sites for hydroxylation is 1. The van der Waals surface area contributed by atoms with Crippen molar-refractivity contribution in [1.29, 1.82) is 0 Å². The molecule has 1 aromatic rings. The van der Waals surface area contributed by atoms with Crippen LogP contribution in [0.15, 0.2) is 18.2 Å². The van der Waals surface area contributed by atoms with Crippen LogP contribution in [0.5, 0.6) is 0 Å². The van der Waals surface area contributed by atoms with E-state index >= 15 is 0 Å². The third-order valence-corrected chi connectivity index (χ3v) is 3.07. The average molecular weight is 188 g/mol. The van der Waals surface area contributed by atoms with Crippen LogP contribution in [0.4, 0.5) is 0 Å². The number of benzene rings is 1. The average Bonchev–Trinajstić information content (AvgIpc) is 2.83. The van der Waals surface area contributed by atoms with Gasteiger partial charge in [-0.1, -0.05) is 39.0 Å². The molecule has 0 aromatic heterocycles. The van der Waals surface area contributed by atoms with Crippen LogP contribution < -0.4 is 0 Å². The second kappa shape index (κ2) is 3.12. The Bertz CT molecular complexity index is 338. The minimum absolute atomic E-state index is 0.295. The topological polar surface area (TPSA) is 0 Å². The molecule has 0 saturated heterocycles. The molecule has 14 heavy (non-hydrogen) atoms. The molecular formula is C14H20. The number of hydrogen-bond donors (Lipinski definition) is 0. The van der Waals surface area contributed by atoms with E-state index in [-0.39, 0.29) is 0 Å². The molecule has 0 amide bonds. The molecule has 0 N–H and O–H groups in total. The molecule has 76 valence electrons. The molecular weight excluding hydrogens is 168 g/mol. The van der Waals surface area contributed by atoms with Crippen LogP contribution in [0.2, 0.25) is 0 Å². The van der Waals surface area contributed by atoms with E-state index in [1.54, 1.807) is 11.1 Å². The third kappa shape index (κ3) is 1.70. The van der Waals surface area contributed by atoms with Crippen molar-refractivity contribution in [1.82, 2.24) is 0 Å². The van der Waals surface area contributed by atoms with Gasteiger partial charge in [0.05, 0.1) is 0 Å². The molecule has 1 aliphatic rings. The van der Waals surface area contributed by atoms with E-state index in [2.05, 4.69) is 45.9 Å². The first kappa shape index (κ1) is 9.76. The van der Waals surface area contributed by atoms with Crippen LogP contribution in [-0.2, 0) is 5.41 Å². The van der Waals surface area contributed by atoms with Crippen LogP contribution in [0.1, 0.15) is 56.2 Å². The zero-order chi connectivity index (χ0) is 10.3. The molecule has 2 rings (SSSR count). The standard InChI is InChI=1S/C14H20/c1-10-6-5-7-12(11-8-9-11)13(10)14(2,3)4/h5-7,11H,8-9H2,1-4H3. The van der Waals surface area contributed by atoms with E-state index in [4.69, 9.17) is 0 Å². The Labute approximate surface area is 87.3 Å². The molecule has 1 aliphatic carbocycles. The summed E-state index contributed by atoms with van der Waals surface area (Å²) < 4.78 is 0. The SMILES string of the molecule is Cc1cccc(C2CC2)c1C(C)(C)C. The maximum absolute atomic E-state index is 2.32. The van der Waals surface area contributed by atoms with E-state index in [1.165, 1.54) is 18.4 Å². The molecule has 0 bridgehead atoms. The van der Waals surface area contributed by atoms with Crippen molar-refractivity contribution in [2.75, 3.05) is 0 Å². The van der Waals surface area contributed by atoms with Crippen LogP contribution in [0.3, 0.4) is 0 Å². The third-order valence-electron chi connectivity index (χ3n) is 3.07. The van der Waals surface area contributed by atoms with Gasteiger partial charge in [0.15, 0.2) is 0 Å². The van der Waals surface area contributed by atoms with Crippen molar-refractivity contribution in [3.8, 4) is 0 Å². The summed E-state index contributed by atoms with van der Waals surface area (Å²) in [5.74, 6) is 0.865. The summed E-state index contributed by atoms with van der Waals surface area (Å²) in [5, 5.41) is 0. The lowest BCUT2D eigenvalue weighted by molar-refractivity contribution is 0.578. The number of rotatable bonds is 1. The quantitative estimate of drug-likeness (QED) is 0.620. The molecule has 0 spiro atoms. The Morgan fingerprint density at radius 1 is 1.14 bits per heavy atom. The highest BCUT2D eigenvalue weighted by Gasteiger charge is 2.30. The second-order valence-corrected chi connectivity index (χ2v) is 5.56. The first-order valence-corrected chi connectivity index (χ1v) is 5.60. The molecule has 0 unspecified atom stereocenters. The largest absolute Gasteiger partial charge is 0.0617 e. The van der Waals surface area contributed by atoms with Gasteiger partial charge in [0.25, 0.3) is 0 Å². The maximum Gasteiger partial charge on any atom is -0.0126 e. The van der Waals surface area contributed by atoms with Crippen molar-refractivity contribution < 1.29 is 0 Å². The molecule has 0 atom stereocenters. The van der Waals surface area contributed by atoms with E-state index in [0.717, 1.165) is 5.92 Å². The van der Waals surface area contributed by atoms with Gasteiger partial charge in [-0.2, -0.15) is 0 Å². The lowest BCUT2D eigenvalue weighted by atomic mass is 9.80. The summed E-state index contributed by atoms with van der Waals surface area (Å²) in [6, 6.07) is 6.77. The molecule has 0 aliphatic heterocycles. The molecule has 1 fully saturated rings. The fourth-order valence-electron chi connectivity index (χ4n) is 2.45. The highest BCUT2D eigenvalue weighted by atomic mass is 14.3. The highest BCUT2D eigenvalue weighted by Crippen LogP contribution is 2.45. The van der Waals surface area contributed by atoms with E-state index in [0.29, 0.717) is 5.41 Å². The lowest BCUT2D eigenvalue weighted by Gasteiger charge is -2.25. The smallest absolute Gasteiger partial charge is 0.0126 e. The fourth-order valence-corrected chi connectivity index (χ4v) is 2.45. The summed E-state index contributed by atoms with van der Waals surface area (Å²) >= 11 is 0. The summed E-state index contributed by atoms with van der Waals surface area (Å²) in [7, 11) is 0. The number of hydrogen-bond acceptors (Lipinski definition) is 0. The van der Waals surface area contributed by atoms with Gasteiger partial charge in [0, 0.05) is 0 Å².